The molecule has 0 amide bonds. The molecule has 2 aromatic rings. The number of nitrogens with zero attached hydrogens (tertiary/aromatic N) is 3. The Morgan fingerprint density at radius 1 is 1.33 bits per heavy atom. The predicted octanol–water partition coefficient (Wildman–Crippen LogP) is 2.00. The summed E-state index contributed by atoms with van der Waals surface area (Å²) < 4.78 is 0. The summed E-state index contributed by atoms with van der Waals surface area (Å²) in [5.41, 5.74) is 3.60. The van der Waals surface area contributed by atoms with Gasteiger partial charge in [0.25, 0.3) is 0 Å². The Balaban J connectivity index is 2.22. The van der Waals surface area contributed by atoms with Gasteiger partial charge in [0.2, 0.25) is 0 Å². The zero-order valence-electron chi connectivity index (χ0n) is 10.3. The van der Waals surface area contributed by atoms with E-state index in [1.165, 1.54) is 0 Å². The molecule has 0 fully saturated rings. The number of nitrogens with one attached hydrogen (secondary N) is 1. The summed E-state index contributed by atoms with van der Waals surface area (Å²) in [5, 5.41) is 6.87. The van der Waals surface area contributed by atoms with Crippen molar-refractivity contribution in [3.8, 4) is 0 Å². The maximum absolute atomic E-state index is 5.07. The third-order valence-corrected chi connectivity index (χ3v) is 2.91. The van der Waals surface area contributed by atoms with Crippen molar-refractivity contribution in [1.29, 1.82) is 0 Å². The number of hydrogen-bond acceptors (Lipinski definition) is 3. The third-order valence-electron chi connectivity index (χ3n) is 2.46. The SMILES string of the molecule is CN(C)C(=S)N/N=C\c1nccc2ccccc12. The summed E-state index contributed by atoms with van der Waals surface area (Å²) in [5.74, 6) is 0. The first-order chi connectivity index (χ1) is 8.68. The van der Waals surface area contributed by atoms with Crippen molar-refractivity contribution < 1.29 is 0 Å². The molecule has 0 atom stereocenters. The number of thiocarbonyl (C=S) groups is 1. The van der Waals surface area contributed by atoms with Gasteiger partial charge in [0.05, 0.1) is 11.9 Å². The monoisotopic (exact) mass is 258 g/mol. The normalized spacial score (nSPS) is 10.8. The van der Waals surface area contributed by atoms with Gasteiger partial charge < -0.3 is 4.90 Å². The van der Waals surface area contributed by atoms with E-state index in [-0.39, 0.29) is 0 Å². The first-order valence-corrected chi connectivity index (χ1v) is 5.93. The van der Waals surface area contributed by atoms with E-state index < -0.39 is 0 Å². The molecule has 2 rings (SSSR count). The van der Waals surface area contributed by atoms with Crippen molar-refractivity contribution in [1.82, 2.24) is 15.3 Å². The Labute approximate surface area is 111 Å². The second kappa shape index (κ2) is 5.55. The number of rotatable bonds is 2. The highest BCUT2D eigenvalue weighted by Crippen LogP contribution is 2.14. The largest absolute Gasteiger partial charge is 0.354 e. The molecule has 18 heavy (non-hydrogen) atoms. The van der Waals surface area contributed by atoms with Crippen LogP contribution >= 0.6 is 12.2 Å². The van der Waals surface area contributed by atoms with E-state index in [4.69, 9.17) is 12.2 Å². The van der Waals surface area contributed by atoms with E-state index in [2.05, 4.69) is 15.5 Å². The highest BCUT2D eigenvalue weighted by Gasteiger charge is 1.99. The van der Waals surface area contributed by atoms with Crippen molar-refractivity contribution in [3.63, 3.8) is 0 Å². The molecule has 0 bridgehead atoms. The van der Waals surface area contributed by atoms with E-state index >= 15 is 0 Å². The predicted molar refractivity (Wildman–Crippen MR) is 78.8 cm³/mol. The molecule has 0 spiro atoms. The lowest BCUT2D eigenvalue weighted by molar-refractivity contribution is 0.606. The van der Waals surface area contributed by atoms with Crippen LogP contribution in [0.4, 0.5) is 0 Å². The number of pyridine rings is 1. The van der Waals surface area contributed by atoms with Crippen molar-refractivity contribution in [2.45, 2.75) is 0 Å². The molecule has 0 aliphatic heterocycles. The van der Waals surface area contributed by atoms with Gasteiger partial charge in [0, 0.05) is 25.7 Å². The van der Waals surface area contributed by atoms with Crippen LogP contribution in [0.1, 0.15) is 5.69 Å². The molecule has 4 nitrogen and oxygen atoms in total. The topological polar surface area (TPSA) is 40.5 Å². The first-order valence-electron chi connectivity index (χ1n) is 5.52. The number of fused-ring (bicyclic) bond motifs is 1. The van der Waals surface area contributed by atoms with Gasteiger partial charge in [-0.05, 0) is 23.7 Å². The molecule has 92 valence electrons. The maximum atomic E-state index is 5.07. The van der Waals surface area contributed by atoms with E-state index in [0.29, 0.717) is 5.11 Å². The van der Waals surface area contributed by atoms with Crippen LogP contribution in [0.2, 0.25) is 0 Å². The van der Waals surface area contributed by atoms with Crippen LogP contribution in [-0.4, -0.2) is 35.3 Å². The van der Waals surface area contributed by atoms with Crippen molar-refractivity contribution in [3.05, 3.63) is 42.2 Å². The van der Waals surface area contributed by atoms with Crippen LogP contribution < -0.4 is 5.43 Å². The van der Waals surface area contributed by atoms with Gasteiger partial charge in [-0.2, -0.15) is 5.10 Å². The van der Waals surface area contributed by atoms with Crippen LogP contribution in [0.15, 0.2) is 41.6 Å². The van der Waals surface area contributed by atoms with Gasteiger partial charge in [-0.25, -0.2) is 0 Å². The fourth-order valence-corrected chi connectivity index (χ4v) is 1.55. The highest BCUT2D eigenvalue weighted by molar-refractivity contribution is 7.80. The summed E-state index contributed by atoms with van der Waals surface area (Å²) in [4.78, 5) is 6.08. The molecule has 0 aliphatic carbocycles. The van der Waals surface area contributed by atoms with E-state index in [0.717, 1.165) is 16.5 Å². The lowest BCUT2D eigenvalue weighted by Crippen LogP contribution is -2.30. The van der Waals surface area contributed by atoms with Gasteiger partial charge in [-0.1, -0.05) is 24.3 Å². The van der Waals surface area contributed by atoms with E-state index in [1.807, 2.05) is 44.4 Å². The number of benzene rings is 1. The van der Waals surface area contributed by atoms with Crippen molar-refractivity contribution >= 4 is 34.3 Å². The second-order valence-corrected chi connectivity index (χ2v) is 4.37. The number of aromatic nitrogens is 1. The number of hydrogen-bond donors (Lipinski definition) is 1. The summed E-state index contributed by atoms with van der Waals surface area (Å²) in [6, 6.07) is 10.0. The lowest BCUT2D eigenvalue weighted by atomic mass is 10.1. The van der Waals surface area contributed by atoms with Crippen LogP contribution in [0, 0.1) is 0 Å². The molecule has 0 radical (unpaired) electrons. The summed E-state index contributed by atoms with van der Waals surface area (Å²) >= 11 is 5.07. The Morgan fingerprint density at radius 2 is 2.11 bits per heavy atom. The molecule has 1 aromatic carbocycles. The minimum absolute atomic E-state index is 0.562. The van der Waals surface area contributed by atoms with Crippen molar-refractivity contribution in [2.75, 3.05) is 14.1 Å². The van der Waals surface area contributed by atoms with Crippen LogP contribution in [0.25, 0.3) is 10.8 Å². The average molecular weight is 258 g/mol. The van der Waals surface area contributed by atoms with Gasteiger partial charge in [-0.3, -0.25) is 10.4 Å². The molecule has 0 aliphatic rings. The Hall–Kier alpha value is -2.01. The van der Waals surface area contributed by atoms with E-state index in [9.17, 15) is 0 Å². The fraction of sp³-hybridized carbons (Fsp3) is 0.154. The van der Waals surface area contributed by atoms with Crippen LogP contribution in [0.5, 0.6) is 0 Å². The minimum atomic E-state index is 0.562. The van der Waals surface area contributed by atoms with Crippen LogP contribution in [0.3, 0.4) is 0 Å². The average Bonchev–Trinajstić information content (AvgIpc) is 2.38. The van der Waals surface area contributed by atoms with Gasteiger partial charge >= 0.3 is 0 Å². The molecule has 1 heterocycles. The number of hydrazone groups is 1. The Bertz CT molecular complexity index is 587. The molecule has 0 saturated carbocycles. The third kappa shape index (κ3) is 2.81. The molecule has 1 aromatic heterocycles. The fourth-order valence-electron chi connectivity index (χ4n) is 1.49. The summed E-state index contributed by atoms with van der Waals surface area (Å²) in [7, 11) is 3.72. The lowest BCUT2D eigenvalue weighted by Gasteiger charge is -2.11. The Morgan fingerprint density at radius 3 is 2.89 bits per heavy atom. The minimum Gasteiger partial charge on any atom is -0.354 e. The molecule has 1 N–H and O–H groups in total. The summed E-state index contributed by atoms with van der Waals surface area (Å²) in [6.45, 7) is 0. The van der Waals surface area contributed by atoms with Crippen molar-refractivity contribution in [2.24, 2.45) is 5.10 Å². The molecular weight excluding hydrogens is 244 g/mol. The zero-order valence-corrected chi connectivity index (χ0v) is 11.1. The van der Waals surface area contributed by atoms with Gasteiger partial charge in [0.15, 0.2) is 5.11 Å². The maximum Gasteiger partial charge on any atom is 0.189 e. The zero-order chi connectivity index (χ0) is 13.0. The Kier molecular flexibility index (Phi) is 3.84. The standard InChI is InChI=1S/C13H14N4S/c1-17(2)13(18)16-15-9-12-11-6-4-3-5-10(11)7-8-14-12/h3-9H,1-2H3,(H,16,18)/b15-9-. The molecule has 0 saturated heterocycles. The van der Waals surface area contributed by atoms with E-state index in [1.54, 1.807) is 17.3 Å². The molecule has 0 unspecified atom stereocenters. The molecular formula is C13H14N4S. The van der Waals surface area contributed by atoms with Gasteiger partial charge in [0.1, 0.15) is 0 Å². The van der Waals surface area contributed by atoms with Crippen LogP contribution in [-0.2, 0) is 0 Å². The molecule has 5 heteroatoms. The summed E-state index contributed by atoms with van der Waals surface area (Å²) in [6.07, 6.45) is 3.45. The quantitative estimate of drug-likeness (QED) is 0.508. The second-order valence-electron chi connectivity index (χ2n) is 3.99. The first kappa shape index (κ1) is 12.4. The smallest absolute Gasteiger partial charge is 0.189 e. The highest BCUT2D eigenvalue weighted by atomic mass is 32.1. The van der Waals surface area contributed by atoms with Gasteiger partial charge in [-0.15, -0.1) is 0 Å².